The quantitative estimate of drug-likeness (QED) is 0.590. The standard InChI is InChI=1S/C14H28/c1-7-14(6)12(11(2)3)9-8-10-13(14,4)5/h11-12H,7-10H2,1-6H3. The van der Waals surface area contributed by atoms with Crippen LogP contribution in [0.4, 0.5) is 0 Å². The molecule has 14 heavy (non-hydrogen) atoms. The van der Waals surface area contributed by atoms with Crippen LogP contribution in [0.1, 0.15) is 67.2 Å². The molecule has 0 amide bonds. The Hall–Kier alpha value is 0. The monoisotopic (exact) mass is 196 g/mol. The van der Waals surface area contributed by atoms with E-state index >= 15 is 0 Å². The molecule has 0 saturated heterocycles. The summed E-state index contributed by atoms with van der Waals surface area (Å²) in [6.45, 7) is 14.7. The molecule has 0 aromatic carbocycles. The van der Waals surface area contributed by atoms with Gasteiger partial charge in [0.1, 0.15) is 0 Å². The van der Waals surface area contributed by atoms with Crippen molar-refractivity contribution in [2.75, 3.05) is 0 Å². The zero-order valence-electron chi connectivity index (χ0n) is 11.0. The predicted molar refractivity (Wildman–Crippen MR) is 64.4 cm³/mol. The SMILES string of the molecule is CCC1(C)C(C(C)C)CCCC1(C)C. The number of hydrogen-bond donors (Lipinski definition) is 0. The van der Waals surface area contributed by atoms with Gasteiger partial charge in [0.05, 0.1) is 0 Å². The van der Waals surface area contributed by atoms with Crippen molar-refractivity contribution >= 4 is 0 Å². The number of rotatable bonds is 2. The zero-order chi connectivity index (χ0) is 11.0. The van der Waals surface area contributed by atoms with E-state index in [0.717, 1.165) is 11.8 Å². The molecule has 0 aliphatic heterocycles. The maximum absolute atomic E-state index is 2.52. The summed E-state index contributed by atoms with van der Waals surface area (Å²) in [5.74, 6) is 1.77. The summed E-state index contributed by atoms with van der Waals surface area (Å²) < 4.78 is 0. The van der Waals surface area contributed by atoms with Crippen molar-refractivity contribution in [1.82, 2.24) is 0 Å². The summed E-state index contributed by atoms with van der Waals surface area (Å²) in [5.41, 5.74) is 1.09. The van der Waals surface area contributed by atoms with Crippen molar-refractivity contribution in [1.29, 1.82) is 0 Å². The largest absolute Gasteiger partial charge is 0.0648 e. The smallest absolute Gasteiger partial charge is 0.0246 e. The van der Waals surface area contributed by atoms with E-state index in [9.17, 15) is 0 Å². The van der Waals surface area contributed by atoms with Gasteiger partial charge in [0, 0.05) is 0 Å². The van der Waals surface area contributed by atoms with Crippen LogP contribution < -0.4 is 0 Å². The maximum Gasteiger partial charge on any atom is -0.0246 e. The lowest BCUT2D eigenvalue weighted by Gasteiger charge is -2.54. The van der Waals surface area contributed by atoms with Crippen LogP contribution in [0, 0.1) is 22.7 Å². The summed E-state index contributed by atoms with van der Waals surface area (Å²) in [6.07, 6.45) is 5.64. The first kappa shape index (κ1) is 12.1. The van der Waals surface area contributed by atoms with Crippen LogP contribution >= 0.6 is 0 Å². The molecule has 2 unspecified atom stereocenters. The molecule has 0 heterocycles. The van der Waals surface area contributed by atoms with E-state index in [0.29, 0.717) is 10.8 Å². The zero-order valence-corrected chi connectivity index (χ0v) is 11.0. The van der Waals surface area contributed by atoms with E-state index in [1.807, 2.05) is 0 Å². The molecule has 84 valence electrons. The Kier molecular flexibility index (Phi) is 3.33. The molecule has 0 aromatic rings. The van der Waals surface area contributed by atoms with Gasteiger partial charge in [-0.05, 0) is 41.9 Å². The van der Waals surface area contributed by atoms with E-state index in [2.05, 4.69) is 41.5 Å². The van der Waals surface area contributed by atoms with Crippen molar-refractivity contribution < 1.29 is 0 Å². The molecule has 1 aliphatic carbocycles. The topological polar surface area (TPSA) is 0 Å². The Morgan fingerprint density at radius 2 is 1.79 bits per heavy atom. The van der Waals surface area contributed by atoms with Crippen molar-refractivity contribution in [3.63, 3.8) is 0 Å². The van der Waals surface area contributed by atoms with E-state index in [1.54, 1.807) is 0 Å². The predicted octanol–water partition coefficient (Wildman–Crippen LogP) is 4.89. The van der Waals surface area contributed by atoms with Crippen LogP contribution in [0.2, 0.25) is 0 Å². The van der Waals surface area contributed by atoms with Crippen molar-refractivity contribution in [3.05, 3.63) is 0 Å². The molecule has 2 atom stereocenters. The molecule has 1 rings (SSSR count). The van der Waals surface area contributed by atoms with E-state index in [1.165, 1.54) is 25.7 Å². The van der Waals surface area contributed by atoms with Crippen LogP contribution in [0.3, 0.4) is 0 Å². The Morgan fingerprint density at radius 3 is 2.14 bits per heavy atom. The van der Waals surface area contributed by atoms with Gasteiger partial charge < -0.3 is 0 Å². The summed E-state index contributed by atoms with van der Waals surface area (Å²) in [4.78, 5) is 0. The molecule has 0 N–H and O–H groups in total. The molecule has 1 fully saturated rings. The summed E-state index contributed by atoms with van der Waals surface area (Å²) in [7, 11) is 0. The highest BCUT2D eigenvalue weighted by atomic mass is 14.5. The lowest BCUT2D eigenvalue weighted by Crippen LogP contribution is -2.46. The third-order valence-corrected chi connectivity index (χ3v) is 5.22. The Bertz CT molecular complexity index is 190. The van der Waals surface area contributed by atoms with Crippen LogP contribution in [0.25, 0.3) is 0 Å². The fraction of sp³-hybridized carbons (Fsp3) is 1.00. The minimum absolute atomic E-state index is 0.537. The van der Waals surface area contributed by atoms with Crippen LogP contribution in [0.15, 0.2) is 0 Å². The molecule has 1 aliphatic rings. The minimum atomic E-state index is 0.537. The Balaban J connectivity index is 2.96. The van der Waals surface area contributed by atoms with Gasteiger partial charge in [-0.3, -0.25) is 0 Å². The molecule has 0 spiro atoms. The first-order chi connectivity index (χ1) is 6.35. The average molecular weight is 196 g/mol. The van der Waals surface area contributed by atoms with Crippen LogP contribution in [-0.4, -0.2) is 0 Å². The van der Waals surface area contributed by atoms with Crippen molar-refractivity contribution in [3.8, 4) is 0 Å². The average Bonchev–Trinajstić information content (AvgIpc) is 2.09. The van der Waals surface area contributed by atoms with Crippen LogP contribution in [-0.2, 0) is 0 Å². The highest BCUT2D eigenvalue weighted by molar-refractivity contribution is 4.97. The molecule has 0 radical (unpaired) electrons. The first-order valence-corrected chi connectivity index (χ1v) is 6.35. The first-order valence-electron chi connectivity index (χ1n) is 6.35. The molecule has 0 bridgehead atoms. The van der Waals surface area contributed by atoms with Gasteiger partial charge in [0.2, 0.25) is 0 Å². The summed E-state index contributed by atoms with van der Waals surface area (Å²) in [5, 5.41) is 0. The van der Waals surface area contributed by atoms with E-state index < -0.39 is 0 Å². The summed E-state index contributed by atoms with van der Waals surface area (Å²) in [6, 6.07) is 0. The van der Waals surface area contributed by atoms with Gasteiger partial charge in [-0.15, -0.1) is 0 Å². The van der Waals surface area contributed by atoms with Gasteiger partial charge in [0.25, 0.3) is 0 Å². The molecular weight excluding hydrogens is 168 g/mol. The lowest BCUT2D eigenvalue weighted by atomic mass is 9.50. The maximum atomic E-state index is 2.52. The number of hydrogen-bond acceptors (Lipinski definition) is 0. The molecular formula is C14H28. The molecule has 0 heteroatoms. The molecule has 1 saturated carbocycles. The molecule has 0 aromatic heterocycles. The molecule has 0 nitrogen and oxygen atoms in total. The minimum Gasteiger partial charge on any atom is -0.0648 e. The van der Waals surface area contributed by atoms with E-state index in [4.69, 9.17) is 0 Å². The second-order valence-electron chi connectivity index (χ2n) is 6.40. The second kappa shape index (κ2) is 3.87. The third-order valence-electron chi connectivity index (χ3n) is 5.22. The fourth-order valence-corrected chi connectivity index (χ4v) is 3.68. The third kappa shape index (κ3) is 1.73. The van der Waals surface area contributed by atoms with Gasteiger partial charge >= 0.3 is 0 Å². The van der Waals surface area contributed by atoms with Gasteiger partial charge in [0.15, 0.2) is 0 Å². The van der Waals surface area contributed by atoms with Crippen molar-refractivity contribution in [2.45, 2.75) is 67.2 Å². The van der Waals surface area contributed by atoms with E-state index in [-0.39, 0.29) is 0 Å². The normalized spacial score (nSPS) is 37.5. The highest BCUT2D eigenvalue weighted by Gasteiger charge is 2.48. The van der Waals surface area contributed by atoms with Crippen molar-refractivity contribution in [2.24, 2.45) is 22.7 Å². The fourth-order valence-electron chi connectivity index (χ4n) is 3.68. The van der Waals surface area contributed by atoms with Gasteiger partial charge in [-0.2, -0.15) is 0 Å². The lowest BCUT2D eigenvalue weighted by molar-refractivity contribution is -0.0495. The van der Waals surface area contributed by atoms with Gasteiger partial charge in [-0.1, -0.05) is 48.0 Å². The Labute approximate surface area is 90.5 Å². The summed E-state index contributed by atoms with van der Waals surface area (Å²) >= 11 is 0. The second-order valence-corrected chi connectivity index (χ2v) is 6.40. The van der Waals surface area contributed by atoms with Gasteiger partial charge in [-0.25, -0.2) is 0 Å². The Morgan fingerprint density at radius 1 is 1.21 bits per heavy atom. The van der Waals surface area contributed by atoms with Crippen LogP contribution in [0.5, 0.6) is 0 Å². The highest BCUT2D eigenvalue weighted by Crippen LogP contribution is 2.57.